The number of rotatable bonds is 3. The van der Waals surface area contributed by atoms with Crippen molar-refractivity contribution in [1.29, 1.82) is 0 Å². The molecule has 0 saturated heterocycles. The molecule has 2 aromatic carbocycles. The standard InChI is InChI=1S/C22H18F3N3O3S/c1-10-7-11(2)18(31-4)15(8-10)17-14-9-13(5-6-16(14)32-27-17)28-20(29)12(3)19(22(23,24)25)26-21(28)30/h5-9H,1-4H3,(H,26,30). The van der Waals surface area contributed by atoms with Crippen LogP contribution in [0, 0.1) is 20.8 Å². The van der Waals surface area contributed by atoms with Crippen molar-refractivity contribution in [3.05, 3.63) is 73.6 Å². The second kappa shape index (κ2) is 7.63. The molecule has 0 atom stereocenters. The molecule has 2 heterocycles. The smallest absolute Gasteiger partial charge is 0.431 e. The van der Waals surface area contributed by atoms with Crippen LogP contribution in [0.15, 0.2) is 39.9 Å². The fraction of sp³-hybridized carbons (Fsp3) is 0.227. The molecule has 0 saturated carbocycles. The second-order valence-corrected chi connectivity index (χ2v) is 8.25. The van der Waals surface area contributed by atoms with E-state index in [1.807, 2.05) is 26.0 Å². The van der Waals surface area contributed by atoms with Gasteiger partial charge >= 0.3 is 11.9 Å². The van der Waals surface area contributed by atoms with Gasteiger partial charge in [0.05, 0.1) is 23.2 Å². The lowest BCUT2D eigenvalue weighted by atomic mass is 10.0. The summed E-state index contributed by atoms with van der Waals surface area (Å²) in [6.07, 6.45) is -4.84. The topological polar surface area (TPSA) is 77.0 Å². The molecule has 0 aliphatic heterocycles. The Morgan fingerprint density at radius 2 is 1.81 bits per heavy atom. The molecule has 6 nitrogen and oxygen atoms in total. The van der Waals surface area contributed by atoms with E-state index in [2.05, 4.69) is 4.37 Å². The summed E-state index contributed by atoms with van der Waals surface area (Å²) < 4.78 is 51.0. The molecule has 2 aromatic heterocycles. The van der Waals surface area contributed by atoms with E-state index in [1.54, 1.807) is 24.2 Å². The van der Waals surface area contributed by atoms with Crippen molar-refractivity contribution in [3.8, 4) is 22.7 Å². The van der Waals surface area contributed by atoms with Crippen LogP contribution in [0.2, 0.25) is 0 Å². The van der Waals surface area contributed by atoms with Crippen molar-refractivity contribution < 1.29 is 17.9 Å². The average molecular weight is 461 g/mol. The minimum atomic E-state index is -4.84. The first-order valence-corrected chi connectivity index (χ1v) is 10.3. The van der Waals surface area contributed by atoms with E-state index in [0.717, 1.165) is 28.3 Å². The maximum absolute atomic E-state index is 13.1. The van der Waals surface area contributed by atoms with E-state index in [9.17, 15) is 22.8 Å². The molecular weight excluding hydrogens is 443 g/mol. The molecule has 0 amide bonds. The van der Waals surface area contributed by atoms with Crippen molar-refractivity contribution in [1.82, 2.24) is 13.9 Å². The number of ether oxygens (including phenoxy) is 1. The van der Waals surface area contributed by atoms with E-state index in [-0.39, 0.29) is 5.69 Å². The van der Waals surface area contributed by atoms with Crippen molar-refractivity contribution >= 4 is 21.6 Å². The average Bonchev–Trinajstić information content (AvgIpc) is 3.12. The Bertz CT molecular complexity index is 1480. The minimum Gasteiger partial charge on any atom is -0.496 e. The van der Waals surface area contributed by atoms with Gasteiger partial charge in [0.15, 0.2) is 0 Å². The molecule has 0 radical (unpaired) electrons. The number of hydrogen-bond acceptors (Lipinski definition) is 5. The molecule has 166 valence electrons. The lowest BCUT2D eigenvalue weighted by Gasteiger charge is -2.13. The maximum Gasteiger partial charge on any atom is 0.431 e. The number of fused-ring (bicyclic) bond motifs is 1. The number of nitrogens with one attached hydrogen (secondary N) is 1. The van der Waals surface area contributed by atoms with Crippen LogP contribution in [0.5, 0.6) is 5.75 Å². The number of halogens is 3. The molecule has 0 unspecified atom stereocenters. The molecule has 4 rings (SSSR count). The van der Waals surface area contributed by atoms with Crippen molar-refractivity contribution in [2.75, 3.05) is 7.11 Å². The van der Waals surface area contributed by atoms with Crippen LogP contribution in [0.1, 0.15) is 22.4 Å². The molecule has 4 aromatic rings. The van der Waals surface area contributed by atoms with E-state index < -0.39 is 28.7 Å². The highest BCUT2D eigenvalue weighted by atomic mass is 32.1. The van der Waals surface area contributed by atoms with Crippen LogP contribution in [0.4, 0.5) is 13.2 Å². The zero-order chi connectivity index (χ0) is 23.4. The van der Waals surface area contributed by atoms with Gasteiger partial charge in [0.2, 0.25) is 0 Å². The molecule has 10 heteroatoms. The summed E-state index contributed by atoms with van der Waals surface area (Å²) in [6.45, 7) is 4.90. The van der Waals surface area contributed by atoms with Crippen molar-refractivity contribution in [3.63, 3.8) is 0 Å². The van der Waals surface area contributed by atoms with Gasteiger partial charge in [-0.05, 0) is 67.7 Å². The summed E-state index contributed by atoms with van der Waals surface area (Å²) in [5.74, 6) is 0.647. The zero-order valence-electron chi connectivity index (χ0n) is 17.5. The lowest BCUT2D eigenvalue weighted by Crippen LogP contribution is -2.38. The number of aromatic amines is 1. The number of aromatic nitrogens is 3. The van der Waals surface area contributed by atoms with Crippen LogP contribution >= 0.6 is 11.5 Å². The third kappa shape index (κ3) is 3.50. The van der Waals surface area contributed by atoms with Gasteiger partial charge in [-0.1, -0.05) is 6.07 Å². The Morgan fingerprint density at radius 3 is 2.47 bits per heavy atom. The fourth-order valence-electron chi connectivity index (χ4n) is 3.80. The lowest BCUT2D eigenvalue weighted by molar-refractivity contribution is -0.142. The van der Waals surface area contributed by atoms with Crippen LogP contribution in [0.3, 0.4) is 0 Å². The van der Waals surface area contributed by atoms with Gasteiger partial charge in [-0.15, -0.1) is 0 Å². The normalized spacial score (nSPS) is 11.8. The van der Waals surface area contributed by atoms with Gasteiger partial charge in [-0.25, -0.2) is 9.36 Å². The molecule has 0 aliphatic rings. The van der Waals surface area contributed by atoms with Gasteiger partial charge in [0, 0.05) is 16.5 Å². The molecule has 0 spiro atoms. The molecule has 0 bridgehead atoms. The Balaban J connectivity index is 1.98. The zero-order valence-corrected chi connectivity index (χ0v) is 18.4. The maximum atomic E-state index is 13.1. The van der Waals surface area contributed by atoms with Gasteiger partial charge < -0.3 is 9.72 Å². The highest BCUT2D eigenvalue weighted by Crippen LogP contribution is 2.39. The van der Waals surface area contributed by atoms with Crippen molar-refractivity contribution in [2.45, 2.75) is 26.9 Å². The van der Waals surface area contributed by atoms with Crippen LogP contribution < -0.4 is 16.0 Å². The minimum absolute atomic E-state index is 0.144. The number of H-pyrrole nitrogens is 1. The number of hydrogen-bond donors (Lipinski definition) is 1. The number of methoxy groups -OCH3 is 1. The monoisotopic (exact) mass is 461 g/mol. The fourth-order valence-corrected chi connectivity index (χ4v) is 4.57. The summed E-state index contributed by atoms with van der Waals surface area (Å²) in [5.41, 5.74) is -0.714. The second-order valence-electron chi connectivity index (χ2n) is 7.44. The molecule has 32 heavy (non-hydrogen) atoms. The largest absolute Gasteiger partial charge is 0.496 e. The Labute approximate surface area is 184 Å². The Kier molecular flexibility index (Phi) is 5.20. The van der Waals surface area contributed by atoms with Crippen LogP contribution in [-0.4, -0.2) is 21.0 Å². The van der Waals surface area contributed by atoms with E-state index in [4.69, 9.17) is 4.74 Å². The van der Waals surface area contributed by atoms with E-state index in [1.165, 1.54) is 17.6 Å². The van der Waals surface area contributed by atoms with Gasteiger partial charge in [0.25, 0.3) is 5.56 Å². The predicted molar refractivity (Wildman–Crippen MR) is 117 cm³/mol. The number of aryl methyl sites for hydroxylation is 2. The summed E-state index contributed by atoms with van der Waals surface area (Å²) in [5, 5.41) is 0.652. The predicted octanol–water partition coefficient (Wildman–Crippen LogP) is 4.76. The van der Waals surface area contributed by atoms with Crippen molar-refractivity contribution in [2.24, 2.45) is 0 Å². The highest BCUT2D eigenvalue weighted by Gasteiger charge is 2.35. The number of alkyl halides is 3. The van der Waals surface area contributed by atoms with E-state index in [0.29, 0.717) is 21.4 Å². The summed E-state index contributed by atoms with van der Waals surface area (Å²) in [7, 11) is 1.56. The number of nitrogens with zero attached hydrogens (tertiary/aromatic N) is 2. The molecule has 1 N–H and O–H groups in total. The molecule has 0 fully saturated rings. The summed E-state index contributed by atoms with van der Waals surface area (Å²) in [6, 6.07) is 8.67. The third-order valence-corrected chi connectivity index (χ3v) is 6.03. The SMILES string of the molecule is COc1c(C)cc(C)cc1-c1nsc2ccc(-n3c(=O)[nH]c(C(F)(F)F)c(C)c3=O)cc12. The highest BCUT2D eigenvalue weighted by molar-refractivity contribution is 7.13. The molecule has 0 aliphatic carbocycles. The van der Waals surface area contributed by atoms with Crippen LogP contribution in [-0.2, 0) is 6.18 Å². The molecular formula is C22H18F3N3O3S. The Hall–Kier alpha value is -3.40. The van der Waals surface area contributed by atoms with E-state index >= 15 is 0 Å². The van der Waals surface area contributed by atoms with Gasteiger partial charge in [-0.2, -0.15) is 17.5 Å². The quantitative estimate of drug-likeness (QED) is 0.478. The first-order chi connectivity index (χ1) is 15.0. The first kappa shape index (κ1) is 21.8. The van der Waals surface area contributed by atoms with Gasteiger partial charge in [-0.3, -0.25) is 4.79 Å². The Morgan fingerprint density at radius 1 is 1.09 bits per heavy atom. The first-order valence-electron chi connectivity index (χ1n) is 9.51. The van der Waals surface area contributed by atoms with Crippen LogP contribution in [0.25, 0.3) is 27.0 Å². The summed E-state index contributed by atoms with van der Waals surface area (Å²) in [4.78, 5) is 26.9. The summed E-state index contributed by atoms with van der Waals surface area (Å²) >= 11 is 1.23. The van der Waals surface area contributed by atoms with Gasteiger partial charge in [0.1, 0.15) is 11.4 Å². The number of benzene rings is 2. The third-order valence-electron chi connectivity index (χ3n) is 5.21.